The van der Waals surface area contributed by atoms with Gasteiger partial charge in [0.25, 0.3) is 0 Å². The topological polar surface area (TPSA) is 113 Å². The Labute approximate surface area is 143 Å². The van der Waals surface area contributed by atoms with Crippen molar-refractivity contribution in [1.82, 2.24) is 19.5 Å². The molecule has 2 aromatic carbocycles. The minimum atomic E-state index is -0.482. The highest BCUT2D eigenvalue weighted by Crippen LogP contribution is 2.24. The molecule has 4 N–H and O–H groups in total. The molecule has 122 valence electrons. The number of aromatic nitrogens is 4. The van der Waals surface area contributed by atoms with Crippen LogP contribution in [0.3, 0.4) is 0 Å². The number of rotatable bonds is 3. The molecule has 1 amide bonds. The molecule has 0 saturated carbocycles. The maximum Gasteiger partial charge on any atom is 0.248 e. The smallest absolute Gasteiger partial charge is 0.248 e. The van der Waals surface area contributed by atoms with Gasteiger partial charge in [-0.25, -0.2) is 15.0 Å². The lowest BCUT2D eigenvalue weighted by molar-refractivity contribution is 0.100. The lowest BCUT2D eigenvalue weighted by atomic mass is 10.1. The van der Waals surface area contributed by atoms with Crippen molar-refractivity contribution in [2.75, 3.05) is 5.73 Å². The summed E-state index contributed by atoms with van der Waals surface area (Å²) in [5.74, 6) is 0.275. The highest BCUT2D eigenvalue weighted by molar-refractivity contribution is 5.93. The summed E-state index contributed by atoms with van der Waals surface area (Å²) in [7, 11) is 0. The molecule has 4 aromatic rings. The van der Waals surface area contributed by atoms with Crippen molar-refractivity contribution in [1.29, 1.82) is 0 Å². The summed E-state index contributed by atoms with van der Waals surface area (Å²) in [6.45, 7) is 0. The average Bonchev–Trinajstić information content (AvgIpc) is 3.07. The van der Waals surface area contributed by atoms with Crippen LogP contribution >= 0.6 is 0 Å². The Morgan fingerprint density at radius 1 is 0.960 bits per heavy atom. The van der Waals surface area contributed by atoms with Crippen LogP contribution in [0.4, 0.5) is 5.82 Å². The lowest BCUT2D eigenvalue weighted by Gasteiger charge is -2.06. The zero-order valence-electron chi connectivity index (χ0n) is 13.1. The molecular weight excluding hydrogens is 316 g/mol. The molecule has 4 rings (SSSR count). The van der Waals surface area contributed by atoms with Gasteiger partial charge in [0, 0.05) is 16.8 Å². The molecule has 2 aromatic heterocycles. The molecule has 25 heavy (non-hydrogen) atoms. The van der Waals surface area contributed by atoms with Gasteiger partial charge < -0.3 is 11.5 Å². The SMILES string of the molecule is NC(=O)c1ccc(-c2nc(N)c3ncn(-c4ccccc4)c3n2)cc1. The fourth-order valence-electron chi connectivity index (χ4n) is 2.61. The predicted molar refractivity (Wildman–Crippen MR) is 95.0 cm³/mol. The second-order valence-electron chi connectivity index (χ2n) is 5.50. The largest absolute Gasteiger partial charge is 0.382 e. The Morgan fingerprint density at radius 2 is 1.68 bits per heavy atom. The van der Waals surface area contributed by atoms with Crippen molar-refractivity contribution in [3.05, 3.63) is 66.5 Å². The Bertz CT molecular complexity index is 1070. The van der Waals surface area contributed by atoms with Gasteiger partial charge >= 0.3 is 0 Å². The Hall–Kier alpha value is -3.74. The number of amides is 1. The molecule has 0 unspecified atom stereocenters. The third kappa shape index (κ3) is 2.57. The summed E-state index contributed by atoms with van der Waals surface area (Å²) in [5.41, 5.74) is 14.6. The third-order valence-electron chi connectivity index (χ3n) is 3.89. The molecule has 0 saturated heterocycles. The molecule has 0 bridgehead atoms. The summed E-state index contributed by atoms with van der Waals surface area (Å²) in [6, 6.07) is 16.5. The minimum Gasteiger partial charge on any atom is -0.382 e. The van der Waals surface area contributed by atoms with Crippen LogP contribution in [0.25, 0.3) is 28.2 Å². The first-order valence-corrected chi connectivity index (χ1v) is 7.60. The summed E-state index contributed by atoms with van der Waals surface area (Å²) in [6.07, 6.45) is 1.67. The van der Waals surface area contributed by atoms with E-state index in [-0.39, 0.29) is 0 Å². The second kappa shape index (κ2) is 5.72. The number of carbonyl (C=O) groups is 1. The van der Waals surface area contributed by atoms with E-state index in [0.717, 1.165) is 11.3 Å². The molecule has 0 fully saturated rings. The van der Waals surface area contributed by atoms with E-state index in [1.54, 1.807) is 30.6 Å². The number of anilines is 1. The van der Waals surface area contributed by atoms with Gasteiger partial charge in [0.2, 0.25) is 5.91 Å². The predicted octanol–water partition coefficient (Wildman–Crippen LogP) is 2.16. The van der Waals surface area contributed by atoms with Crippen LogP contribution < -0.4 is 11.5 Å². The van der Waals surface area contributed by atoms with Gasteiger partial charge in [0.05, 0.1) is 0 Å². The van der Waals surface area contributed by atoms with Crippen LogP contribution in [0.5, 0.6) is 0 Å². The highest BCUT2D eigenvalue weighted by atomic mass is 16.1. The summed E-state index contributed by atoms with van der Waals surface area (Å²) in [4.78, 5) is 24.5. The quantitative estimate of drug-likeness (QED) is 0.597. The van der Waals surface area contributed by atoms with Gasteiger partial charge in [-0.05, 0) is 24.3 Å². The minimum absolute atomic E-state index is 0.300. The third-order valence-corrected chi connectivity index (χ3v) is 3.89. The number of nitrogens with zero attached hydrogens (tertiary/aromatic N) is 4. The fraction of sp³-hybridized carbons (Fsp3) is 0. The molecule has 7 nitrogen and oxygen atoms in total. The van der Waals surface area contributed by atoms with Gasteiger partial charge in [-0.15, -0.1) is 0 Å². The molecule has 0 aliphatic heterocycles. The summed E-state index contributed by atoms with van der Waals surface area (Å²) < 4.78 is 1.86. The zero-order chi connectivity index (χ0) is 17.4. The van der Waals surface area contributed by atoms with Gasteiger partial charge in [-0.3, -0.25) is 9.36 Å². The van der Waals surface area contributed by atoms with E-state index in [9.17, 15) is 4.79 Å². The molecule has 2 heterocycles. The first kappa shape index (κ1) is 14.8. The number of para-hydroxylation sites is 1. The van der Waals surface area contributed by atoms with Crippen molar-refractivity contribution in [2.45, 2.75) is 0 Å². The van der Waals surface area contributed by atoms with Crippen LogP contribution in [0.1, 0.15) is 10.4 Å². The maximum absolute atomic E-state index is 11.2. The number of hydrogen-bond acceptors (Lipinski definition) is 5. The molecule has 0 aliphatic carbocycles. The van der Waals surface area contributed by atoms with Gasteiger partial charge in [0.1, 0.15) is 6.33 Å². The van der Waals surface area contributed by atoms with E-state index in [1.165, 1.54) is 0 Å². The van der Waals surface area contributed by atoms with E-state index in [2.05, 4.69) is 15.0 Å². The fourth-order valence-corrected chi connectivity index (χ4v) is 2.61. The van der Waals surface area contributed by atoms with E-state index in [4.69, 9.17) is 11.5 Å². The first-order valence-electron chi connectivity index (χ1n) is 7.60. The van der Waals surface area contributed by atoms with Crippen molar-refractivity contribution in [3.8, 4) is 17.1 Å². The Morgan fingerprint density at radius 3 is 2.36 bits per heavy atom. The van der Waals surface area contributed by atoms with Crippen molar-refractivity contribution in [2.24, 2.45) is 5.73 Å². The normalized spacial score (nSPS) is 10.9. The summed E-state index contributed by atoms with van der Waals surface area (Å²) in [5, 5.41) is 0. The van der Waals surface area contributed by atoms with Gasteiger partial charge in [-0.2, -0.15) is 0 Å². The van der Waals surface area contributed by atoms with Crippen molar-refractivity contribution < 1.29 is 4.79 Å². The van der Waals surface area contributed by atoms with Crippen molar-refractivity contribution >= 4 is 22.9 Å². The number of nitrogen functional groups attached to an aromatic ring is 1. The van der Waals surface area contributed by atoms with E-state index >= 15 is 0 Å². The molecule has 0 aliphatic rings. The van der Waals surface area contributed by atoms with Gasteiger partial charge in [-0.1, -0.05) is 30.3 Å². The molecular formula is C18H14N6O. The number of carbonyl (C=O) groups excluding carboxylic acids is 1. The Balaban J connectivity index is 1.87. The summed E-state index contributed by atoms with van der Waals surface area (Å²) >= 11 is 0. The number of nitrogens with two attached hydrogens (primary N) is 2. The van der Waals surface area contributed by atoms with Crippen LogP contribution in [0.15, 0.2) is 60.9 Å². The first-order chi connectivity index (χ1) is 12.1. The maximum atomic E-state index is 11.2. The van der Waals surface area contributed by atoms with Crippen LogP contribution in [-0.4, -0.2) is 25.4 Å². The number of primary amides is 1. The second-order valence-corrected chi connectivity index (χ2v) is 5.50. The lowest BCUT2D eigenvalue weighted by Crippen LogP contribution is -2.10. The van der Waals surface area contributed by atoms with Crippen LogP contribution in [0.2, 0.25) is 0 Å². The molecule has 7 heteroatoms. The zero-order valence-corrected chi connectivity index (χ0v) is 13.1. The number of hydrogen-bond donors (Lipinski definition) is 2. The molecule has 0 spiro atoms. The highest BCUT2D eigenvalue weighted by Gasteiger charge is 2.13. The van der Waals surface area contributed by atoms with Gasteiger partial charge in [0.15, 0.2) is 22.8 Å². The number of imidazole rings is 1. The average molecular weight is 330 g/mol. The monoisotopic (exact) mass is 330 g/mol. The molecule has 0 atom stereocenters. The van der Waals surface area contributed by atoms with E-state index in [1.807, 2.05) is 34.9 Å². The van der Waals surface area contributed by atoms with Crippen LogP contribution in [0, 0.1) is 0 Å². The Kier molecular flexibility index (Phi) is 3.39. The van der Waals surface area contributed by atoms with Crippen LogP contribution in [-0.2, 0) is 0 Å². The number of fused-ring (bicyclic) bond motifs is 1. The molecule has 0 radical (unpaired) electrons. The van der Waals surface area contributed by atoms with E-state index < -0.39 is 5.91 Å². The standard InChI is InChI=1S/C18H14N6O/c19-15-14-18(24(10-21-14)13-4-2-1-3-5-13)23-17(22-15)12-8-6-11(7-9-12)16(20)25/h1-10H,(H2,20,25)(H2,19,22,23). The van der Waals surface area contributed by atoms with Crippen molar-refractivity contribution in [3.63, 3.8) is 0 Å². The number of benzene rings is 2. The van der Waals surface area contributed by atoms with E-state index in [0.29, 0.717) is 28.4 Å².